The quantitative estimate of drug-likeness (QED) is 0.433. The fourth-order valence-electron chi connectivity index (χ4n) is 0.918. The Morgan fingerprint density at radius 1 is 0.857 bits per heavy atom. The van der Waals surface area contributed by atoms with Crippen LogP contribution in [-0.2, 0) is 24.0 Å². The molecule has 0 aromatic carbocycles. The summed E-state index contributed by atoms with van der Waals surface area (Å²) in [4.78, 5) is 39.5. The summed E-state index contributed by atoms with van der Waals surface area (Å²) < 4.78 is 9.02. The number of ether oxygens (including phenoxy) is 2. The Bertz CT molecular complexity index is 288. The lowest BCUT2D eigenvalue weighted by atomic mass is 10.2. The Morgan fingerprint density at radius 2 is 1.24 bits per heavy atom. The normalized spacial score (nSPS) is 9.52. The van der Waals surface area contributed by atoms with E-state index in [1.54, 1.807) is 34.6 Å². The molecule has 0 unspecified atom stereocenters. The van der Waals surface area contributed by atoms with Gasteiger partial charge in [-0.2, -0.15) is 19.4 Å². The average molecular weight is 306 g/mol. The first-order valence-electron chi connectivity index (χ1n) is 6.94. The lowest BCUT2D eigenvalue weighted by Gasteiger charge is -2.08. The van der Waals surface area contributed by atoms with Gasteiger partial charge in [0.05, 0.1) is 12.2 Å². The average Bonchev–Trinajstić information content (AvgIpc) is 2.33. The van der Waals surface area contributed by atoms with E-state index in [1.165, 1.54) is 0 Å². The minimum Gasteiger partial charge on any atom is -0.429 e. The van der Waals surface area contributed by atoms with Gasteiger partial charge in [-0.15, -0.1) is 0 Å². The highest BCUT2D eigenvalue weighted by atomic mass is 17.3. The molecule has 124 valence electrons. The van der Waals surface area contributed by atoms with Gasteiger partial charge in [0, 0.05) is 6.42 Å². The SMILES string of the molecule is CC(C)OC(=O)OOC(=O)OC(C)C.CCCCC(C)=O. The zero-order chi connectivity index (χ0) is 16.8. The maximum absolute atomic E-state index is 10.7. The van der Waals surface area contributed by atoms with Crippen molar-refractivity contribution in [1.29, 1.82) is 0 Å². The van der Waals surface area contributed by atoms with E-state index in [4.69, 9.17) is 0 Å². The van der Waals surface area contributed by atoms with Gasteiger partial charge in [0.15, 0.2) is 0 Å². The van der Waals surface area contributed by atoms with Crippen LogP contribution in [0.25, 0.3) is 0 Å². The topological polar surface area (TPSA) is 88.1 Å². The number of hydrogen-bond acceptors (Lipinski definition) is 7. The fraction of sp³-hybridized carbons (Fsp3) is 0.786. The molecular formula is C14H26O7. The summed E-state index contributed by atoms with van der Waals surface area (Å²) in [5.74, 6) is 0.307. The summed E-state index contributed by atoms with van der Waals surface area (Å²) in [6.45, 7) is 10.3. The van der Waals surface area contributed by atoms with E-state index in [9.17, 15) is 14.4 Å². The molecule has 0 fully saturated rings. The number of ketones is 1. The van der Waals surface area contributed by atoms with Gasteiger partial charge < -0.3 is 14.3 Å². The third-order valence-corrected chi connectivity index (χ3v) is 1.72. The minimum atomic E-state index is -1.08. The second-order valence-electron chi connectivity index (χ2n) is 4.81. The van der Waals surface area contributed by atoms with E-state index in [-0.39, 0.29) is 12.2 Å². The van der Waals surface area contributed by atoms with Crippen LogP contribution < -0.4 is 0 Å². The largest absolute Gasteiger partial charge is 0.550 e. The molecule has 7 nitrogen and oxygen atoms in total. The molecule has 0 rings (SSSR count). The molecule has 0 aliphatic rings. The van der Waals surface area contributed by atoms with Gasteiger partial charge in [0.1, 0.15) is 5.78 Å². The molecular weight excluding hydrogens is 280 g/mol. The first-order chi connectivity index (χ1) is 9.68. The van der Waals surface area contributed by atoms with Crippen molar-refractivity contribution >= 4 is 18.1 Å². The second-order valence-corrected chi connectivity index (χ2v) is 4.81. The number of carbonyl (C=O) groups is 3. The third kappa shape index (κ3) is 20.7. The van der Waals surface area contributed by atoms with Crippen LogP contribution in [0.15, 0.2) is 0 Å². The Morgan fingerprint density at radius 3 is 1.43 bits per heavy atom. The van der Waals surface area contributed by atoms with Crippen LogP contribution in [0.4, 0.5) is 9.59 Å². The molecule has 0 N–H and O–H groups in total. The van der Waals surface area contributed by atoms with Crippen LogP contribution in [0.5, 0.6) is 0 Å². The molecule has 0 radical (unpaired) electrons. The highest BCUT2D eigenvalue weighted by molar-refractivity contribution is 5.75. The van der Waals surface area contributed by atoms with Gasteiger partial charge in [-0.3, -0.25) is 0 Å². The van der Waals surface area contributed by atoms with Crippen molar-refractivity contribution in [3.8, 4) is 0 Å². The first kappa shape index (κ1) is 21.5. The molecule has 0 heterocycles. The van der Waals surface area contributed by atoms with Crippen LogP contribution in [0.2, 0.25) is 0 Å². The molecule has 0 amide bonds. The van der Waals surface area contributed by atoms with Gasteiger partial charge >= 0.3 is 12.3 Å². The van der Waals surface area contributed by atoms with Gasteiger partial charge in [-0.1, -0.05) is 13.3 Å². The maximum atomic E-state index is 10.7. The summed E-state index contributed by atoms with van der Waals surface area (Å²) in [6.07, 6.45) is 0.0895. The van der Waals surface area contributed by atoms with E-state index in [0.717, 1.165) is 19.3 Å². The van der Waals surface area contributed by atoms with Crippen molar-refractivity contribution in [2.24, 2.45) is 0 Å². The fourth-order valence-corrected chi connectivity index (χ4v) is 0.918. The lowest BCUT2D eigenvalue weighted by Crippen LogP contribution is -2.18. The van der Waals surface area contributed by atoms with Gasteiger partial charge in [-0.05, 0) is 41.0 Å². The number of rotatable bonds is 5. The van der Waals surface area contributed by atoms with E-state index >= 15 is 0 Å². The summed E-state index contributed by atoms with van der Waals surface area (Å²) in [5.41, 5.74) is 0. The molecule has 0 spiro atoms. The maximum Gasteiger partial charge on any atom is 0.550 e. The highest BCUT2D eigenvalue weighted by Gasteiger charge is 2.14. The monoisotopic (exact) mass is 306 g/mol. The standard InChI is InChI=1S/C8H14O6.C6H12O/c1-5(2)11-7(9)13-14-8(10)12-6(3)4;1-3-4-5-6(2)7/h5-6H,1-4H3;3-5H2,1-2H3. The molecule has 0 aliphatic carbocycles. The minimum absolute atomic E-state index is 0.307. The van der Waals surface area contributed by atoms with Crippen molar-refractivity contribution in [3.05, 3.63) is 0 Å². The van der Waals surface area contributed by atoms with Crippen molar-refractivity contribution < 1.29 is 33.6 Å². The Labute approximate surface area is 125 Å². The van der Waals surface area contributed by atoms with Crippen LogP contribution in [0, 0.1) is 0 Å². The molecule has 0 aromatic heterocycles. The number of Topliss-reactive ketones (excluding diaryl/α,β-unsaturated/α-hetero) is 1. The third-order valence-electron chi connectivity index (χ3n) is 1.72. The Balaban J connectivity index is 0. The van der Waals surface area contributed by atoms with Crippen LogP contribution in [-0.4, -0.2) is 30.3 Å². The molecule has 7 heteroatoms. The summed E-state index contributed by atoms with van der Waals surface area (Å²) in [5, 5.41) is 0. The van der Waals surface area contributed by atoms with Crippen LogP contribution >= 0.6 is 0 Å². The summed E-state index contributed by atoms with van der Waals surface area (Å²) in [7, 11) is 0. The smallest absolute Gasteiger partial charge is 0.429 e. The van der Waals surface area contributed by atoms with E-state index in [2.05, 4.69) is 26.2 Å². The van der Waals surface area contributed by atoms with Crippen molar-refractivity contribution in [2.75, 3.05) is 0 Å². The number of carbonyl (C=O) groups excluding carboxylic acids is 3. The Hall–Kier alpha value is -1.79. The molecule has 0 aromatic rings. The summed E-state index contributed by atoms with van der Waals surface area (Å²) in [6, 6.07) is 0. The Kier molecular flexibility index (Phi) is 13.5. The number of hydrogen-bond donors (Lipinski definition) is 0. The first-order valence-corrected chi connectivity index (χ1v) is 6.94. The van der Waals surface area contributed by atoms with Crippen LogP contribution in [0.3, 0.4) is 0 Å². The predicted molar refractivity (Wildman–Crippen MR) is 75.6 cm³/mol. The van der Waals surface area contributed by atoms with Gasteiger partial charge in [0.2, 0.25) is 0 Å². The molecule has 21 heavy (non-hydrogen) atoms. The predicted octanol–water partition coefficient (Wildman–Crippen LogP) is 3.79. The molecule has 0 saturated heterocycles. The molecule has 0 bridgehead atoms. The van der Waals surface area contributed by atoms with Crippen molar-refractivity contribution in [1.82, 2.24) is 0 Å². The lowest BCUT2D eigenvalue weighted by molar-refractivity contribution is -0.222. The van der Waals surface area contributed by atoms with Gasteiger partial charge in [0.25, 0.3) is 0 Å². The molecule has 0 aliphatic heterocycles. The molecule has 0 saturated carbocycles. The molecule has 0 atom stereocenters. The van der Waals surface area contributed by atoms with E-state index in [1.807, 2.05) is 0 Å². The summed E-state index contributed by atoms with van der Waals surface area (Å²) >= 11 is 0. The van der Waals surface area contributed by atoms with Crippen LogP contribution in [0.1, 0.15) is 60.8 Å². The van der Waals surface area contributed by atoms with E-state index < -0.39 is 12.3 Å². The van der Waals surface area contributed by atoms with E-state index in [0.29, 0.717) is 5.78 Å². The van der Waals surface area contributed by atoms with Gasteiger partial charge in [-0.25, -0.2) is 0 Å². The number of unbranched alkanes of at least 4 members (excludes halogenated alkanes) is 1. The zero-order valence-electron chi connectivity index (χ0n) is 13.6. The van der Waals surface area contributed by atoms with Crippen molar-refractivity contribution in [2.45, 2.75) is 73.0 Å². The highest BCUT2D eigenvalue weighted by Crippen LogP contribution is 1.97. The second kappa shape index (κ2) is 13.2. The van der Waals surface area contributed by atoms with Crippen molar-refractivity contribution in [3.63, 3.8) is 0 Å². The zero-order valence-corrected chi connectivity index (χ0v) is 13.6.